The second kappa shape index (κ2) is 14.8. The largest absolute Gasteiger partial charge is 0.463 e. The minimum atomic E-state index is -0.200. The Morgan fingerprint density at radius 1 is 1.25 bits per heavy atom. The summed E-state index contributed by atoms with van der Waals surface area (Å²) in [7, 11) is 1.70. The summed E-state index contributed by atoms with van der Waals surface area (Å²) < 4.78 is 10.3. The minimum absolute atomic E-state index is 0. The van der Waals surface area contributed by atoms with Crippen molar-refractivity contribution in [3.63, 3.8) is 0 Å². The maximum absolute atomic E-state index is 11.3. The first-order valence-corrected chi connectivity index (χ1v) is 6.81. The monoisotopic (exact) mass is 401 g/mol. The summed E-state index contributed by atoms with van der Waals surface area (Å²) in [4.78, 5) is 15.4. The number of halogens is 1. The Hall–Kier alpha value is -0.570. The van der Waals surface area contributed by atoms with Crippen LogP contribution in [0, 0.1) is 0 Å². The number of carbonyl (C=O) groups is 1. The van der Waals surface area contributed by atoms with E-state index in [-0.39, 0.29) is 36.0 Å². The molecule has 0 heterocycles. The van der Waals surface area contributed by atoms with Gasteiger partial charge in [0.15, 0.2) is 5.96 Å². The summed E-state index contributed by atoms with van der Waals surface area (Å²) in [6.07, 6.45) is 1.19. The molecule has 0 saturated carbocycles. The van der Waals surface area contributed by atoms with E-state index in [2.05, 4.69) is 15.6 Å². The number of hydrogen-bond acceptors (Lipinski definition) is 4. The lowest BCUT2D eigenvalue weighted by Crippen LogP contribution is -2.39. The number of ether oxygens (including phenoxy) is 2. The predicted octanol–water partition coefficient (Wildman–Crippen LogP) is 1.54. The first-order chi connectivity index (χ1) is 9.10. The highest BCUT2D eigenvalue weighted by Crippen LogP contribution is 1.92. The van der Waals surface area contributed by atoms with E-state index in [0.29, 0.717) is 18.9 Å². The van der Waals surface area contributed by atoms with Crippen molar-refractivity contribution in [2.45, 2.75) is 39.7 Å². The Kier molecular flexibility index (Phi) is 16.1. The highest BCUT2D eigenvalue weighted by Gasteiger charge is 2.05. The van der Waals surface area contributed by atoms with E-state index in [1.165, 1.54) is 0 Å². The van der Waals surface area contributed by atoms with Gasteiger partial charge in [-0.25, -0.2) is 0 Å². The molecule has 0 rings (SSSR count). The molecule has 0 aliphatic rings. The van der Waals surface area contributed by atoms with Crippen LogP contribution in [0.2, 0.25) is 0 Å². The second-order valence-corrected chi connectivity index (χ2v) is 4.26. The summed E-state index contributed by atoms with van der Waals surface area (Å²) in [6, 6.07) is 0. The number of esters is 1. The Labute approximate surface area is 139 Å². The second-order valence-electron chi connectivity index (χ2n) is 4.26. The van der Waals surface area contributed by atoms with Gasteiger partial charge in [-0.05, 0) is 27.2 Å². The van der Waals surface area contributed by atoms with Crippen molar-refractivity contribution in [1.82, 2.24) is 10.6 Å². The topological polar surface area (TPSA) is 72.0 Å². The Morgan fingerprint density at radius 3 is 2.45 bits per heavy atom. The smallest absolute Gasteiger partial charge is 0.307 e. The maximum Gasteiger partial charge on any atom is 0.307 e. The highest BCUT2D eigenvalue weighted by atomic mass is 127. The van der Waals surface area contributed by atoms with Crippen LogP contribution in [0.5, 0.6) is 0 Å². The third kappa shape index (κ3) is 13.9. The molecule has 0 aromatic heterocycles. The molecule has 0 bridgehead atoms. The van der Waals surface area contributed by atoms with Crippen LogP contribution < -0.4 is 10.6 Å². The van der Waals surface area contributed by atoms with Crippen LogP contribution in [0.4, 0.5) is 0 Å². The van der Waals surface area contributed by atoms with Gasteiger partial charge in [-0.2, -0.15) is 0 Å². The molecule has 0 aromatic rings. The summed E-state index contributed by atoms with van der Waals surface area (Å²) >= 11 is 0. The van der Waals surface area contributed by atoms with Crippen molar-refractivity contribution in [2.24, 2.45) is 4.99 Å². The molecule has 0 radical (unpaired) electrons. The van der Waals surface area contributed by atoms with Crippen molar-refractivity contribution in [3.05, 3.63) is 0 Å². The number of rotatable bonds is 9. The maximum atomic E-state index is 11.3. The molecule has 120 valence electrons. The number of nitrogens with zero attached hydrogens (tertiary/aromatic N) is 1. The van der Waals surface area contributed by atoms with Crippen LogP contribution in [0.25, 0.3) is 0 Å². The molecule has 7 heteroatoms. The third-order valence-corrected chi connectivity index (χ3v) is 2.17. The van der Waals surface area contributed by atoms with E-state index < -0.39 is 0 Å². The van der Waals surface area contributed by atoms with Crippen LogP contribution in [0.15, 0.2) is 4.99 Å². The van der Waals surface area contributed by atoms with Gasteiger partial charge in [-0.15, -0.1) is 24.0 Å². The molecule has 0 spiro atoms. The zero-order chi connectivity index (χ0) is 14.5. The van der Waals surface area contributed by atoms with E-state index in [1.807, 2.05) is 20.8 Å². The fourth-order valence-corrected chi connectivity index (χ4v) is 1.35. The number of nitrogens with one attached hydrogen (secondary N) is 2. The van der Waals surface area contributed by atoms with Crippen LogP contribution >= 0.6 is 24.0 Å². The first kappa shape index (κ1) is 21.7. The molecular weight excluding hydrogens is 373 g/mol. The first-order valence-electron chi connectivity index (χ1n) is 6.81. The van der Waals surface area contributed by atoms with Crippen molar-refractivity contribution in [2.75, 3.05) is 33.4 Å². The minimum Gasteiger partial charge on any atom is -0.463 e. The molecule has 0 saturated heterocycles. The molecule has 2 N–H and O–H groups in total. The summed E-state index contributed by atoms with van der Waals surface area (Å²) in [5.41, 5.74) is 0. The van der Waals surface area contributed by atoms with Crippen LogP contribution in [0.1, 0.15) is 33.6 Å². The van der Waals surface area contributed by atoms with Gasteiger partial charge in [-0.1, -0.05) is 0 Å². The van der Waals surface area contributed by atoms with E-state index in [0.717, 1.165) is 26.2 Å². The van der Waals surface area contributed by atoms with Gasteiger partial charge in [0.1, 0.15) is 0 Å². The molecule has 20 heavy (non-hydrogen) atoms. The van der Waals surface area contributed by atoms with Crippen molar-refractivity contribution in [3.8, 4) is 0 Å². The number of hydrogen-bond donors (Lipinski definition) is 2. The molecule has 0 aliphatic carbocycles. The summed E-state index contributed by atoms with van der Waals surface area (Å²) in [5, 5.41) is 6.21. The van der Waals surface area contributed by atoms with Crippen LogP contribution in [-0.2, 0) is 14.3 Å². The Bertz CT molecular complexity index is 274. The zero-order valence-corrected chi connectivity index (χ0v) is 15.2. The lowest BCUT2D eigenvalue weighted by Gasteiger charge is -2.12. The molecule has 6 nitrogen and oxygen atoms in total. The fourth-order valence-electron chi connectivity index (χ4n) is 1.35. The zero-order valence-electron chi connectivity index (χ0n) is 12.9. The highest BCUT2D eigenvalue weighted by molar-refractivity contribution is 14.0. The molecule has 0 unspecified atom stereocenters. The molecular formula is C13H28IN3O3. The summed E-state index contributed by atoms with van der Waals surface area (Å²) in [5.74, 6) is 0.489. The lowest BCUT2D eigenvalue weighted by atomic mass is 10.4. The average molecular weight is 401 g/mol. The lowest BCUT2D eigenvalue weighted by molar-refractivity contribution is -0.147. The predicted molar refractivity (Wildman–Crippen MR) is 91.7 cm³/mol. The fraction of sp³-hybridized carbons (Fsp3) is 0.846. The van der Waals surface area contributed by atoms with E-state index >= 15 is 0 Å². The van der Waals surface area contributed by atoms with Gasteiger partial charge >= 0.3 is 5.97 Å². The van der Waals surface area contributed by atoms with Gasteiger partial charge in [0.2, 0.25) is 0 Å². The van der Waals surface area contributed by atoms with E-state index in [9.17, 15) is 4.79 Å². The van der Waals surface area contributed by atoms with Crippen molar-refractivity contribution >= 4 is 35.9 Å². The number of guanidine groups is 1. The normalized spacial score (nSPS) is 10.9. The average Bonchev–Trinajstić information content (AvgIpc) is 2.35. The molecule has 0 atom stereocenters. The quantitative estimate of drug-likeness (QED) is 0.202. The van der Waals surface area contributed by atoms with Gasteiger partial charge in [0, 0.05) is 33.4 Å². The van der Waals surface area contributed by atoms with Gasteiger partial charge in [0.25, 0.3) is 0 Å². The van der Waals surface area contributed by atoms with Crippen molar-refractivity contribution in [1.29, 1.82) is 0 Å². The van der Waals surface area contributed by atoms with E-state index in [1.54, 1.807) is 7.05 Å². The molecule has 0 amide bonds. The van der Waals surface area contributed by atoms with Gasteiger partial charge in [-0.3, -0.25) is 9.79 Å². The van der Waals surface area contributed by atoms with Gasteiger partial charge < -0.3 is 20.1 Å². The molecule has 0 aliphatic heterocycles. The Balaban J connectivity index is 0. The molecule has 0 aromatic carbocycles. The van der Waals surface area contributed by atoms with Gasteiger partial charge in [0.05, 0.1) is 12.5 Å². The standard InChI is InChI=1S/C13H27N3O3.HI/c1-5-18-10-6-8-15-13(14-4)16-9-7-12(17)19-11(2)3;/h11H,5-10H2,1-4H3,(H2,14,15,16);1H. The van der Waals surface area contributed by atoms with Crippen LogP contribution in [-0.4, -0.2) is 51.4 Å². The number of carbonyl (C=O) groups excluding carboxylic acids is 1. The van der Waals surface area contributed by atoms with Crippen molar-refractivity contribution < 1.29 is 14.3 Å². The van der Waals surface area contributed by atoms with E-state index in [4.69, 9.17) is 9.47 Å². The molecule has 0 fully saturated rings. The summed E-state index contributed by atoms with van der Waals surface area (Å²) in [6.45, 7) is 8.43. The Morgan fingerprint density at radius 2 is 1.90 bits per heavy atom. The van der Waals surface area contributed by atoms with Crippen LogP contribution in [0.3, 0.4) is 0 Å². The SMILES string of the molecule is CCOCCCNC(=NC)NCCC(=O)OC(C)C.I. The third-order valence-electron chi connectivity index (χ3n) is 2.17. The number of aliphatic imine (C=N–C) groups is 1.